The first kappa shape index (κ1) is 21.4. The third-order valence-corrected chi connectivity index (χ3v) is 9.85. The number of hydrogen-bond donors (Lipinski definition) is 1. The SMILES string of the molecule is CC(CC[C@H](C)C(C)C)=C1CC[C@H]2C3=C(CC[C@]12C)[C@@]1(C)CCC(O)CC1=CC3. The molecule has 1 heteroatoms. The molecule has 5 atom stereocenters. The van der Waals surface area contributed by atoms with Gasteiger partial charge in [0.2, 0.25) is 0 Å². The van der Waals surface area contributed by atoms with Crippen LogP contribution in [0.5, 0.6) is 0 Å². The van der Waals surface area contributed by atoms with E-state index in [1.54, 1.807) is 22.3 Å². The molecule has 2 saturated carbocycles. The Labute approximate surface area is 179 Å². The average molecular weight is 397 g/mol. The summed E-state index contributed by atoms with van der Waals surface area (Å²) < 4.78 is 0. The summed E-state index contributed by atoms with van der Waals surface area (Å²) in [6.07, 6.45) is 14.6. The van der Waals surface area contributed by atoms with Crippen molar-refractivity contribution in [1.82, 2.24) is 0 Å². The van der Waals surface area contributed by atoms with Crippen LogP contribution in [0.4, 0.5) is 0 Å². The largest absolute Gasteiger partial charge is 0.393 e. The van der Waals surface area contributed by atoms with E-state index in [1.807, 2.05) is 5.57 Å². The Kier molecular flexibility index (Phi) is 5.69. The summed E-state index contributed by atoms with van der Waals surface area (Å²) in [4.78, 5) is 0. The predicted octanol–water partition coefficient (Wildman–Crippen LogP) is 7.76. The van der Waals surface area contributed by atoms with Crippen LogP contribution in [0, 0.1) is 28.6 Å². The molecule has 0 bridgehead atoms. The first-order valence-corrected chi connectivity index (χ1v) is 12.5. The number of fused-ring (bicyclic) bond motifs is 4. The molecule has 29 heavy (non-hydrogen) atoms. The first-order valence-electron chi connectivity index (χ1n) is 12.5. The van der Waals surface area contributed by atoms with Crippen LogP contribution in [0.1, 0.15) is 106 Å². The van der Waals surface area contributed by atoms with Gasteiger partial charge in [0.05, 0.1) is 6.10 Å². The monoisotopic (exact) mass is 396 g/mol. The lowest BCUT2D eigenvalue weighted by Gasteiger charge is -2.50. The summed E-state index contributed by atoms with van der Waals surface area (Å²) in [7, 11) is 0. The lowest BCUT2D eigenvalue weighted by atomic mass is 9.54. The highest BCUT2D eigenvalue weighted by molar-refractivity contribution is 5.46. The van der Waals surface area contributed by atoms with Crippen LogP contribution < -0.4 is 0 Å². The van der Waals surface area contributed by atoms with Gasteiger partial charge in [-0.25, -0.2) is 0 Å². The minimum Gasteiger partial charge on any atom is -0.393 e. The molecule has 0 saturated heterocycles. The Hall–Kier alpha value is -0.820. The van der Waals surface area contributed by atoms with Crippen molar-refractivity contribution in [2.75, 3.05) is 0 Å². The van der Waals surface area contributed by atoms with Gasteiger partial charge in [-0.15, -0.1) is 0 Å². The molecule has 1 unspecified atom stereocenters. The minimum atomic E-state index is -0.109. The molecule has 4 aliphatic rings. The summed E-state index contributed by atoms with van der Waals surface area (Å²) in [5, 5.41) is 10.2. The van der Waals surface area contributed by atoms with Crippen molar-refractivity contribution < 1.29 is 5.11 Å². The number of rotatable bonds is 4. The first-order chi connectivity index (χ1) is 13.7. The highest BCUT2D eigenvalue weighted by Crippen LogP contribution is 2.64. The maximum Gasteiger partial charge on any atom is 0.0578 e. The fraction of sp³-hybridized carbons (Fsp3) is 0.786. The molecule has 0 aliphatic heterocycles. The van der Waals surface area contributed by atoms with Gasteiger partial charge in [-0.05, 0) is 94.3 Å². The topological polar surface area (TPSA) is 20.2 Å². The number of hydrogen-bond acceptors (Lipinski definition) is 1. The Morgan fingerprint density at radius 1 is 1.14 bits per heavy atom. The van der Waals surface area contributed by atoms with E-state index in [4.69, 9.17) is 0 Å². The molecule has 0 aromatic rings. The minimum absolute atomic E-state index is 0.109. The quantitative estimate of drug-likeness (QED) is 0.481. The molecular weight excluding hydrogens is 352 g/mol. The molecular formula is C28H44O. The van der Waals surface area contributed by atoms with Crippen molar-refractivity contribution in [3.63, 3.8) is 0 Å². The van der Waals surface area contributed by atoms with Gasteiger partial charge in [0.1, 0.15) is 0 Å². The summed E-state index contributed by atoms with van der Waals surface area (Å²) >= 11 is 0. The molecule has 1 nitrogen and oxygen atoms in total. The molecule has 0 aromatic carbocycles. The van der Waals surface area contributed by atoms with E-state index in [-0.39, 0.29) is 11.5 Å². The van der Waals surface area contributed by atoms with Gasteiger partial charge >= 0.3 is 0 Å². The van der Waals surface area contributed by atoms with Gasteiger partial charge in [-0.1, -0.05) is 68.6 Å². The lowest BCUT2D eigenvalue weighted by Crippen LogP contribution is -2.39. The lowest BCUT2D eigenvalue weighted by molar-refractivity contribution is 0.115. The van der Waals surface area contributed by atoms with E-state index in [2.05, 4.69) is 47.6 Å². The van der Waals surface area contributed by atoms with Gasteiger partial charge in [-0.3, -0.25) is 0 Å². The van der Waals surface area contributed by atoms with Gasteiger partial charge in [0.25, 0.3) is 0 Å². The zero-order valence-corrected chi connectivity index (χ0v) is 19.9. The standard InChI is InChI=1S/C28H44O/c1-18(2)19(3)7-8-20(4)24-11-12-25-23-10-9-21-17-22(29)13-15-27(21,5)26(23)14-16-28(24,25)6/h9,18-19,22,25,29H,7-8,10-17H2,1-6H3/t19-,22?,25-,27-,28+/m0/s1. The Morgan fingerprint density at radius 2 is 1.90 bits per heavy atom. The van der Waals surface area contributed by atoms with E-state index in [0.29, 0.717) is 5.41 Å². The van der Waals surface area contributed by atoms with E-state index >= 15 is 0 Å². The molecule has 0 heterocycles. The van der Waals surface area contributed by atoms with Crippen LogP contribution in [-0.2, 0) is 0 Å². The third-order valence-electron chi connectivity index (χ3n) is 9.85. The van der Waals surface area contributed by atoms with Crippen LogP contribution in [-0.4, -0.2) is 11.2 Å². The summed E-state index contributed by atoms with van der Waals surface area (Å²) in [6.45, 7) is 14.7. The molecule has 4 aliphatic carbocycles. The molecule has 162 valence electrons. The fourth-order valence-corrected chi connectivity index (χ4v) is 7.35. The number of allylic oxidation sites excluding steroid dienone is 5. The molecule has 2 fully saturated rings. The maximum atomic E-state index is 10.2. The van der Waals surface area contributed by atoms with Crippen molar-refractivity contribution >= 4 is 0 Å². The predicted molar refractivity (Wildman–Crippen MR) is 124 cm³/mol. The zero-order valence-electron chi connectivity index (χ0n) is 19.9. The van der Waals surface area contributed by atoms with Crippen molar-refractivity contribution in [1.29, 1.82) is 0 Å². The highest BCUT2D eigenvalue weighted by Gasteiger charge is 2.51. The second-order valence-corrected chi connectivity index (χ2v) is 11.7. The molecule has 0 amide bonds. The van der Waals surface area contributed by atoms with E-state index in [0.717, 1.165) is 43.4 Å². The van der Waals surface area contributed by atoms with E-state index in [1.165, 1.54) is 38.5 Å². The van der Waals surface area contributed by atoms with Gasteiger partial charge in [0, 0.05) is 5.41 Å². The van der Waals surface area contributed by atoms with Crippen LogP contribution in [0.2, 0.25) is 0 Å². The molecule has 4 rings (SSSR count). The van der Waals surface area contributed by atoms with Crippen molar-refractivity contribution in [3.05, 3.63) is 33.9 Å². The normalized spacial score (nSPS) is 39.7. The molecule has 0 aromatic heterocycles. The summed E-state index contributed by atoms with van der Waals surface area (Å²) in [5.74, 6) is 2.38. The number of aliphatic hydroxyl groups is 1. The van der Waals surface area contributed by atoms with Crippen LogP contribution in [0.3, 0.4) is 0 Å². The van der Waals surface area contributed by atoms with E-state index < -0.39 is 0 Å². The second kappa shape index (κ2) is 7.70. The van der Waals surface area contributed by atoms with Crippen molar-refractivity contribution in [2.24, 2.45) is 28.6 Å². The fourth-order valence-electron chi connectivity index (χ4n) is 7.35. The highest BCUT2D eigenvalue weighted by atomic mass is 16.3. The van der Waals surface area contributed by atoms with Crippen LogP contribution in [0.25, 0.3) is 0 Å². The molecule has 1 N–H and O–H groups in total. The maximum absolute atomic E-state index is 10.2. The molecule has 0 spiro atoms. The average Bonchev–Trinajstić information content (AvgIpc) is 3.03. The Bertz CT molecular complexity index is 750. The smallest absolute Gasteiger partial charge is 0.0578 e. The van der Waals surface area contributed by atoms with Gasteiger partial charge in [-0.2, -0.15) is 0 Å². The van der Waals surface area contributed by atoms with E-state index in [9.17, 15) is 5.11 Å². The Morgan fingerprint density at radius 3 is 2.62 bits per heavy atom. The van der Waals surface area contributed by atoms with Gasteiger partial charge < -0.3 is 5.11 Å². The zero-order chi connectivity index (χ0) is 21.0. The summed E-state index contributed by atoms with van der Waals surface area (Å²) in [6, 6.07) is 0. The van der Waals surface area contributed by atoms with Crippen LogP contribution in [0.15, 0.2) is 33.9 Å². The van der Waals surface area contributed by atoms with Crippen molar-refractivity contribution in [3.8, 4) is 0 Å². The van der Waals surface area contributed by atoms with Crippen molar-refractivity contribution in [2.45, 2.75) is 112 Å². The second-order valence-electron chi connectivity index (χ2n) is 11.7. The third kappa shape index (κ3) is 3.50. The molecule has 0 radical (unpaired) electrons. The summed E-state index contributed by atoms with van der Waals surface area (Å²) in [5.41, 5.74) is 9.33. The van der Waals surface area contributed by atoms with Gasteiger partial charge in [0.15, 0.2) is 0 Å². The Balaban J connectivity index is 1.59. The van der Waals surface area contributed by atoms with Crippen LogP contribution >= 0.6 is 0 Å². The number of aliphatic hydroxyl groups excluding tert-OH is 1.